The maximum absolute atomic E-state index is 12.3. The third-order valence-corrected chi connectivity index (χ3v) is 3.91. The summed E-state index contributed by atoms with van der Waals surface area (Å²) in [5, 5.41) is 11.3. The molecule has 0 bridgehead atoms. The summed E-state index contributed by atoms with van der Waals surface area (Å²) in [6.45, 7) is 0.521. The summed E-state index contributed by atoms with van der Waals surface area (Å²) in [6, 6.07) is 12.7. The molecular weight excluding hydrogens is 353 g/mol. The molecule has 0 radical (unpaired) electrons. The van der Waals surface area contributed by atoms with Crippen molar-refractivity contribution in [2.24, 2.45) is 0 Å². The quantitative estimate of drug-likeness (QED) is 0.592. The van der Waals surface area contributed by atoms with Crippen molar-refractivity contribution in [3.05, 3.63) is 64.2 Å². The fourth-order valence-electron chi connectivity index (χ4n) is 2.83. The molecule has 6 nitrogen and oxygen atoms in total. The van der Waals surface area contributed by atoms with Gasteiger partial charge in [-0.3, -0.25) is 10.1 Å². The van der Waals surface area contributed by atoms with Gasteiger partial charge in [0, 0.05) is 13.0 Å². The van der Waals surface area contributed by atoms with Crippen LogP contribution >= 0.6 is 0 Å². The molecule has 26 heavy (non-hydrogen) atoms. The number of ether oxygens (including phenoxy) is 2. The van der Waals surface area contributed by atoms with Gasteiger partial charge in [-0.25, -0.2) is 0 Å². The molecule has 2 aromatic carbocycles. The number of benzene rings is 2. The molecule has 1 atom stereocenters. The Bertz CT molecular complexity index is 783. The fraction of sp³-hybridized carbons (Fsp3) is 0.294. The second-order valence-electron chi connectivity index (χ2n) is 5.79. The van der Waals surface area contributed by atoms with Crippen LogP contribution in [0.2, 0.25) is 0 Å². The maximum Gasteiger partial charge on any atom is 0.573 e. The lowest BCUT2D eigenvalue weighted by Crippen LogP contribution is -2.23. The van der Waals surface area contributed by atoms with Gasteiger partial charge < -0.3 is 14.4 Å². The molecule has 0 N–H and O–H groups in total. The summed E-state index contributed by atoms with van der Waals surface area (Å²) in [6.07, 6.45) is -4.43. The van der Waals surface area contributed by atoms with Crippen LogP contribution in [-0.4, -0.2) is 30.7 Å². The first-order valence-corrected chi connectivity index (χ1v) is 7.76. The van der Waals surface area contributed by atoms with Crippen molar-refractivity contribution in [2.45, 2.75) is 18.9 Å². The molecule has 2 aromatic rings. The van der Waals surface area contributed by atoms with Crippen molar-refractivity contribution >= 4 is 11.4 Å². The van der Waals surface area contributed by atoms with Crippen molar-refractivity contribution < 1.29 is 27.6 Å². The molecule has 1 saturated heterocycles. The van der Waals surface area contributed by atoms with E-state index in [0.29, 0.717) is 13.0 Å². The van der Waals surface area contributed by atoms with E-state index in [0.717, 1.165) is 17.7 Å². The van der Waals surface area contributed by atoms with E-state index in [1.54, 1.807) is 4.90 Å². The third kappa shape index (κ3) is 4.42. The molecule has 1 heterocycles. The highest BCUT2D eigenvalue weighted by molar-refractivity contribution is 5.65. The Labute approximate surface area is 146 Å². The third-order valence-electron chi connectivity index (χ3n) is 3.91. The van der Waals surface area contributed by atoms with E-state index in [-0.39, 0.29) is 18.5 Å². The highest BCUT2D eigenvalue weighted by atomic mass is 19.4. The summed E-state index contributed by atoms with van der Waals surface area (Å²) >= 11 is 0. The van der Waals surface area contributed by atoms with Gasteiger partial charge in [0.1, 0.15) is 18.2 Å². The second-order valence-corrected chi connectivity index (χ2v) is 5.79. The lowest BCUT2D eigenvalue weighted by atomic mass is 10.1. The van der Waals surface area contributed by atoms with Crippen LogP contribution in [0.4, 0.5) is 24.5 Å². The van der Waals surface area contributed by atoms with E-state index in [2.05, 4.69) is 4.74 Å². The Balaban J connectivity index is 1.75. The number of anilines is 1. The maximum atomic E-state index is 12.3. The summed E-state index contributed by atoms with van der Waals surface area (Å²) in [7, 11) is 0. The number of hydrogen-bond donors (Lipinski definition) is 0. The number of alkyl halides is 3. The van der Waals surface area contributed by atoms with Crippen LogP contribution in [0.1, 0.15) is 5.56 Å². The van der Waals surface area contributed by atoms with E-state index >= 15 is 0 Å². The molecule has 138 valence electrons. The van der Waals surface area contributed by atoms with Crippen molar-refractivity contribution in [3.8, 4) is 5.75 Å². The minimum atomic E-state index is -4.91. The van der Waals surface area contributed by atoms with Gasteiger partial charge in [0.15, 0.2) is 0 Å². The van der Waals surface area contributed by atoms with Gasteiger partial charge in [-0.2, -0.15) is 0 Å². The first-order chi connectivity index (χ1) is 12.3. The van der Waals surface area contributed by atoms with Crippen LogP contribution in [0.15, 0.2) is 48.5 Å². The largest absolute Gasteiger partial charge is 0.573 e. The minimum absolute atomic E-state index is 0.123. The molecule has 0 amide bonds. The standard InChI is InChI=1S/C17H15F3N2O4/c18-17(19,20)26-13-6-7-15(16(9-13)22(23)24)21-10-14(25-11-21)8-12-4-2-1-3-5-12/h1-7,9,14H,8,10-11H2. The summed E-state index contributed by atoms with van der Waals surface area (Å²) in [4.78, 5) is 12.2. The van der Waals surface area contributed by atoms with Gasteiger partial charge in [0.25, 0.3) is 5.69 Å². The average molecular weight is 368 g/mol. The predicted octanol–water partition coefficient (Wildman–Crippen LogP) is 3.90. The molecule has 0 spiro atoms. The Morgan fingerprint density at radius 3 is 2.62 bits per heavy atom. The van der Waals surface area contributed by atoms with Crippen molar-refractivity contribution in [2.75, 3.05) is 18.2 Å². The highest BCUT2D eigenvalue weighted by Crippen LogP contribution is 2.35. The Kier molecular flexibility index (Phi) is 4.99. The van der Waals surface area contributed by atoms with Crippen LogP contribution in [-0.2, 0) is 11.2 Å². The summed E-state index contributed by atoms with van der Waals surface area (Å²) < 4.78 is 46.4. The van der Waals surface area contributed by atoms with Gasteiger partial charge >= 0.3 is 6.36 Å². The lowest BCUT2D eigenvalue weighted by molar-refractivity contribution is -0.384. The monoisotopic (exact) mass is 368 g/mol. The van der Waals surface area contributed by atoms with Gasteiger partial charge in [0.05, 0.1) is 17.1 Å². The number of nitro benzene ring substituents is 1. The van der Waals surface area contributed by atoms with Crippen molar-refractivity contribution in [3.63, 3.8) is 0 Å². The summed E-state index contributed by atoms with van der Waals surface area (Å²) in [5.41, 5.74) is 0.804. The SMILES string of the molecule is O=[N+]([O-])c1cc(OC(F)(F)F)ccc1N1COC(Cc2ccccc2)C1. The molecule has 0 aliphatic carbocycles. The zero-order valence-electron chi connectivity index (χ0n) is 13.5. The molecule has 9 heteroatoms. The second kappa shape index (κ2) is 7.20. The Morgan fingerprint density at radius 1 is 1.23 bits per heavy atom. The molecule has 3 rings (SSSR count). The van der Waals surface area contributed by atoms with Crippen molar-refractivity contribution in [1.82, 2.24) is 0 Å². The number of rotatable bonds is 5. The van der Waals surface area contributed by atoms with E-state index in [4.69, 9.17) is 4.74 Å². The van der Waals surface area contributed by atoms with Crippen molar-refractivity contribution in [1.29, 1.82) is 0 Å². The van der Waals surface area contributed by atoms with Gasteiger partial charge in [-0.05, 0) is 17.7 Å². The minimum Gasteiger partial charge on any atom is -0.406 e. The predicted molar refractivity (Wildman–Crippen MR) is 87.0 cm³/mol. The van der Waals surface area contributed by atoms with Crippen LogP contribution < -0.4 is 9.64 Å². The van der Waals surface area contributed by atoms with E-state index in [1.165, 1.54) is 6.07 Å². The lowest BCUT2D eigenvalue weighted by Gasteiger charge is -2.17. The zero-order valence-corrected chi connectivity index (χ0v) is 13.5. The van der Waals surface area contributed by atoms with E-state index < -0.39 is 22.7 Å². The van der Waals surface area contributed by atoms with E-state index in [9.17, 15) is 23.3 Å². The summed E-state index contributed by atoms with van der Waals surface area (Å²) in [5.74, 6) is -0.631. The zero-order chi connectivity index (χ0) is 18.7. The normalized spacial score (nSPS) is 17.3. The first kappa shape index (κ1) is 18.0. The molecule has 1 aliphatic heterocycles. The van der Waals surface area contributed by atoms with Gasteiger partial charge in [0.2, 0.25) is 0 Å². The average Bonchev–Trinajstić information content (AvgIpc) is 3.02. The van der Waals surface area contributed by atoms with Gasteiger partial charge in [-0.1, -0.05) is 30.3 Å². The van der Waals surface area contributed by atoms with E-state index in [1.807, 2.05) is 30.3 Å². The van der Waals surface area contributed by atoms with Crippen LogP contribution in [0.25, 0.3) is 0 Å². The van der Waals surface area contributed by atoms with Crippen LogP contribution in [0.3, 0.4) is 0 Å². The van der Waals surface area contributed by atoms with Gasteiger partial charge in [-0.15, -0.1) is 13.2 Å². The fourth-order valence-corrected chi connectivity index (χ4v) is 2.83. The molecule has 1 unspecified atom stereocenters. The smallest absolute Gasteiger partial charge is 0.406 e. The molecular formula is C17H15F3N2O4. The molecule has 0 saturated carbocycles. The van der Waals surface area contributed by atoms with Crippen LogP contribution in [0.5, 0.6) is 5.75 Å². The van der Waals surface area contributed by atoms with Crippen LogP contribution in [0, 0.1) is 10.1 Å². The number of halogens is 3. The molecule has 0 aromatic heterocycles. The first-order valence-electron chi connectivity index (χ1n) is 7.76. The molecule has 1 aliphatic rings. The topological polar surface area (TPSA) is 64.8 Å². The number of hydrogen-bond acceptors (Lipinski definition) is 5. The highest BCUT2D eigenvalue weighted by Gasteiger charge is 2.33. The Morgan fingerprint density at radius 2 is 1.96 bits per heavy atom. The number of nitro groups is 1. The molecule has 1 fully saturated rings. The Hall–Kier alpha value is -2.81. The number of nitrogens with zero attached hydrogens (tertiary/aromatic N) is 2.